The number of non-ortho nitro benzene ring substituents is 1. The van der Waals surface area contributed by atoms with Crippen LogP contribution in [0.25, 0.3) is 0 Å². The van der Waals surface area contributed by atoms with E-state index >= 15 is 0 Å². The Labute approximate surface area is 125 Å². The molecule has 0 saturated carbocycles. The van der Waals surface area contributed by atoms with Crippen LogP contribution in [0, 0.1) is 10.1 Å². The molecule has 2 aromatic carbocycles. The highest BCUT2D eigenvalue weighted by molar-refractivity contribution is 6.21. The summed E-state index contributed by atoms with van der Waals surface area (Å²) in [6.45, 7) is -0.0974. The van der Waals surface area contributed by atoms with Gasteiger partial charge in [-0.05, 0) is 18.2 Å². The first-order valence-electron chi connectivity index (χ1n) is 6.47. The van der Waals surface area contributed by atoms with Crippen LogP contribution in [0.5, 0.6) is 0 Å². The molecule has 3 rings (SSSR count). The van der Waals surface area contributed by atoms with E-state index in [2.05, 4.69) is 0 Å². The minimum absolute atomic E-state index is 0.0974. The summed E-state index contributed by atoms with van der Waals surface area (Å²) in [4.78, 5) is 35.9. The predicted octanol–water partition coefficient (Wildman–Crippen LogP) is 1.97. The molecule has 1 aliphatic heterocycles. The number of benzene rings is 2. The molecule has 1 heterocycles. The zero-order valence-corrected chi connectivity index (χ0v) is 11.4. The number of nitro benzene ring substituents is 1. The van der Waals surface area contributed by atoms with Gasteiger partial charge in [0.05, 0.1) is 22.6 Å². The van der Waals surface area contributed by atoms with Crippen LogP contribution in [0.3, 0.4) is 0 Å². The second-order valence-electron chi connectivity index (χ2n) is 4.88. The van der Waals surface area contributed by atoms with Crippen LogP contribution in [-0.4, -0.2) is 21.6 Å². The molecule has 2 aromatic rings. The molecule has 0 aromatic heterocycles. The topological polar surface area (TPSA) is 107 Å². The van der Waals surface area contributed by atoms with Gasteiger partial charge in [-0.3, -0.25) is 24.6 Å². The van der Waals surface area contributed by atoms with Crippen molar-refractivity contribution in [3.8, 4) is 0 Å². The summed E-state index contributed by atoms with van der Waals surface area (Å²) in [6, 6.07) is 10.5. The molecule has 0 spiro atoms. The molecule has 0 saturated heterocycles. The first-order valence-corrected chi connectivity index (χ1v) is 6.47. The van der Waals surface area contributed by atoms with Crippen molar-refractivity contribution in [2.45, 2.75) is 6.54 Å². The van der Waals surface area contributed by atoms with E-state index in [0.29, 0.717) is 22.4 Å². The van der Waals surface area contributed by atoms with Gasteiger partial charge in [0.15, 0.2) is 0 Å². The summed E-state index contributed by atoms with van der Waals surface area (Å²) in [7, 11) is 0. The SMILES string of the molecule is Nc1ccc([N+](=O)[O-])cc1CN1C(=O)c2ccccc2C1=O. The first-order chi connectivity index (χ1) is 10.5. The lowest BCUT2D eigenvalue weighted by molar-refractivity contribution is -0.384. The Morgan fingerprint density at radius 2 is 1.64 bits per heavy atom. The summed E-state index contributed by atoms with van der Waals surface area (Å²) >= 11 is 0. The lowest BCUT2D eigenvalue weighted by atomic mass is 10.1. The van der Waals surface area contributed by atoms with Crippen molar-refractivity contribution in [3.63, 3.8) is 0 Å². The van der Waals surface area contributed by atoms with Gasteiger partial charge in [0.2, 0.25) is 0 Å². The number of carbonyl (C=O) groups is 2. The molecule has 7 nitrogen and oxygen atoms in total. The van der Waals surface area contributed by atoms with Gasteiger partial charge in [0.25, 0.3) is 17.5 Å². The molecule has 2 N–H and O–H groups in total. The van der Waals surface area contributed by atoms with Crippen molar-refractivity contribution in [3.05, 3.63) is 69.3 Å². The summed E-state index contributed by atoms with van der Waals surface area (Å²) in [6.07, 6.45) is 0. The smallest absolute Gasteiger partial charge is 0.269 e. The Morgan fingerprint density at radius 3 is 2.18 bits per heavy atom. The minimum atomic E-state index is -0.550. The number of imide groups is 1. The zero-order valence-electron chi connectivity index (χ0n) is 11.4. The number of rotatable bonds is 3. The van der Waals surface area contributed by atoms with Crippen molar-refractivity contribution in [2.75, 3.05) is 5.73 Å². The number of anilines is 1. The van der Waals surface area contributed by atoms with Gasteiger partial charge in [0.1, 0.15) is 0 Å². The standard InChI is InChI=1S/C15H11N3O4/c16-13-6-5-10(18(21)22)7-9(13)8-17-14(19)11-3-1-2-4-12(11)15(17)20/h1-7H,8,16H2. The van der Waals surface area contributed by atoms with E-state index in [1.54, 1.807) is 24.3 Å². The number of nitrogens with zero attached hydrogens (tertiary/aromatic N) is 2. The van der Waals surface area contributed by atoms with Gasteiger partial charge in [-0.1, -0.05) is 12.1 Å². The van der Waals surface area contributed by atoms with Crippen LogP contribution in [0.2, 0.25) is 0 Å². The van der Waals surface area contributed by atoms with E-state index in [1.165, 1.54) is 18.2 Å². The highest BCUT2D eigenvalue weighted by Gasteiger charge is 2.35. The fourth-order valence-electron chi connectivity index (χ4n) is 2.40. The van der Waals surface area contributed by atoms with E-state index in [1.807, 2.05) is 0 Å². The fourth-order valence-corrected chi connectivity index (χ4v) is 2.40. The third-order valence-corrected chi connectivity index (χ3v) is 3.54. The highest BCUT2D eigenvalue weighted by Crippen LogP contribution is 2.27. The van der Waals surface area contributed by atoms with Crippen LogP contribution in [0.15, 0.2) is 42.5 Å². The quantitative estimate of drug-likeness (QED) is 0.403. The largest absolute Gasteiger partial charge is 0.398 e. The van der Waals surface area contributed by atoms with Crippen molar-refractivity contribution in [1.82, 2.24) is 4.90 Å². The number of nitro groups is 1. The van der Waals surface area contributed by atoms with Gasteiger partial charge in [-0.2, -0.15) is 0 Å². The average Bonchev–Trinajstić information content (AvgIpc) is 2.74. The molecule has 0 radical (unpaired) electrons. The second-order valence-corrected chi connectivity index (χ2v) is 4.88. The maximum atomic E-state index is 12.3. The van der Waals surface area contributed by atoms with Crippen LogP contribution >= 0.6 is 0 Å². The molecule has 0 fully saturated rings. The van der Waals surface area contributed by atoms with E-state index in [-0.39, 0.29) is 12.2 Å². The summed E-state index contributed by atoms with van der Waals surface area (Å²) in [5.41, 5.74) is 6.97. The van der Waals surface area contributed by atoms with Gasteiger partial charge in [0, 0.05) is 23.4 Å². The van der Waals surface area contributed by atoms with Crippen LogP contribution in [-0.2, 0) is 6.54 Å². The third kappa shape index (κ3) is 2.08. The number of hydrogen-bond acceptors (Lipinski definition) is 5. The van der Waals surface area contributed by atoms with Gasteiger partial charge in [-0.15, -0.1) is 0 Å². The molecule has 110 valence electrons. The summed E-state index contributed by atoms with van der Waals surface area (Å²) < 4.78 is 0. The van der Waals surface area contributed by atoms with Crippen molar-refractivity contribution < 1.29 is 14.5 Å². The molecule has 1 aliphatic rings. The molecule has 0 aliphatic carbocycles. The Hall–Kier alpha value is -3.22. The van der Waals surface area contributed by atoms with Crippen molar-refractivity contribution in [2.24, 2.45) is 0 Å². The van der Waals surface area contributed by atoms with Crippen LogP contribution in [0.4, 0.5) is 11.4 Å². The van der Waals surface area contributed by atoms with Gasteiger partial charge >= 0.3 is 0 Å². The molecule has 0 bridgehead atoms. The molecule has 0 atom stereocenters. The molecule has 0 unspecified atom stereocenters. The molecule has 22 heavy (non-hydrogen) atoms. The lowest BCUT2D eigenvalue weighted by Crippen LogP contribution is -2.29. The van der Waals surface area contributed by atoms with Gasteiger partial charge in [-0.25, -0.2) is 0 Å². The number of carbonyl (C=O) groups excluding carboxylic acids is 2. The first kappa shape index (κ1) is 13.7. The summed E-state index contributed by atoms with van der Waals surface area (Å²) in [5, 5.41) is 10.8. The predicted molar refractivity (Wildman–Crippen MR) is 78.2 cm³/mol. The molecular weight excluding hydrogens is 286 g/mol. The number of amides is 2. The number of nitrogens with two attached hydrogens (primary N) is 1. The van der Waals surface area contributed by atoms with Gasteiger partial charge < -0.3 is 5.73 Å². The van der Waals surface area contributed by atoms with Crippen LogP contribution < -0.4 is 5.73 Å². The number of hydrogen-bond donors (Lipinski definition) is 1. The average molecular weight is 297 g/mol. The van der Waals surface area contributed by atoms with Crippen molar-refractivity contribution >= 4 is 23.2 Å². The Kier molecular flexibility index (Phi) is 3.10. The molecule has 7 heteroatoms. The normalized spacial score (nSPS) is 13.4. The Morgan fingerprint density at radius 1 is 1.05 bits per heavy atom. The van der Waals surface area contributed by atoms with E-state index in [9.17, 15) is 19.7 Å². The molecule has 2 amide bonds. The zero-order chi connectivity index (χ0) is 15.9. The lowest BCUT2D eigenvalue weighted by Gasteiger charge is -2.15. The highest BCUT2D eigenvalue weighted by atomic mass is 16.6. The molecular formula is C15H11N3O4. The Balaban J connectivity index is 1.95. The van der Waals surface area contributed by atoms with E-state index < -0.39 is 16.7 Å². The number of nitrogen functional groups attached to an aromatic ring is 1. The monoisotopic (exact) mass is 297 g/mol. The van der Waals surface area contributed by atoms with E-state index in [0.717, 1.165) is 4.90 Å². The number of fused-ring (bicyclic) bond motifs is 1. The minimum Gasteiger partial charge on any atom is -0.398 e. The third-order valence-electron chi connectivity index (χ3n) is 3.54. The fraction of sp³-hybridized carbons (Fsp3) is 0.0667. The van der Waals surface area contributed by atoms with E-state index in [4.69, 9.17) is 5.73 Å². The summed E-state index contributed by atoms with van der Waals surface area (Å²) in [5.74, 6) is -0.849. The second kappa shape index (κ2) is 4.96. The Bertz CT molecular complexity index is 781. The van der Waals surface area contributed by atoms with Crippen molar-refractivity contribution in [1.29, 1.82) is 0 Å². The maximum absolute atomic E-state index is 12.3. The van der Waals surface area contributed by atoms with Crippen LogP contribution in [0.1, 0.15) is 26.3 Å². The maximum Gasteiger partial charge on any atom is 0.269 e.